The lowest BCUT2D eigenvalue weighted by Gasteiger charge is -2.15. The van der Waals surface area contributed by atoms with Crippen LogP contribution in [0.4, 0.5) is 0 Å². The second-order valence-electron chi connectivity index (χ2n) is 5.97. The van der Waals surface area contributed by atoms with E-state index in [4.69, 9.17) is 32.7 Å². The molecule has 0 rings (SSSR count). The van der Waals surface area contributed by atoms with Crippen molar-refractivity contribution in [3.05, 3.63) is 0 Å². The zero-order chi connectivity index (χ0) is 18.0. The molecule has 0 aliphatic heterocycles. The lowest BCUT2D eigenvalue weighted by molar-refractivity contribution is -0.146. The van der Waals surface area contributed by atoms with Gasteiger partial charge in [-0.1, -0.05) is 13.3 Å². The van der Waals surface area contributed by atoms with Crippen molar-refractivity contribution in [2.24, 2.45) is 5.92 Å². The van der Waals surface area contributed by atoms with E-state index >= 15 is 0 Å². The molecule has 0 bridgehead atoms. The van der Waals surface area contributed by atoms with Gasteiger partial charge in [0.05, 0.1) is 13.2 Å². The van der Waals surface area contributed by atoms with Gasteiger partial charge in [0.25, 0.3) is 0 Å². The van der Waals surface area contributed by atoms with Crippen LogP contribution in [0.1, 0.15) is 71.1 Å². The second-order valence-corrected chi connectivity index (χ2v) is 6.72. The van der Waals surface area contributed by atoms with Crippen LogP contribution in [0.25, 0.3) is 0 Å². The SMILES string of the molecule is CCC(CCCCOC(=O)CCCCCl)COC(=O)CCCCCl. The number of carbonyl (C=O) groups excluding carboxylic acids is 2. The Bertz CT molecular complexity index is 324. The fraction of sp³-hybridized carbons (Fsp3) is 0.889. The van der Waals surface area contributed by atoms with E-state index in [-0.39, 0.29) is 11.9 Å². The van der Waals surface area contributed by atoms with Crippen LogP contribution < -0.4 is 0 Å². The predicted octanol–water partition coefficient (Wildman–Crippen LogP) is 5.09. The van der Waals surface area contributed by atoms with Crippen molar-refractivity contribution >= 4 is 35.1 Å². The number of alkyl halides is 2. The van der Waals surface area contributed by atoms with Crippen LogP contribution in [0.5, 0.6) is 0 Å². The van der Waals surface area contributed by atoms with Crippen molar-refractivity contribution in [3.8, 4) is 0 Å². The molecule has 0 aromatic carbocycles. The quantitative estimate of drug-likeness (QED) is 0.212. The number of esters is 2. The summed E-state index contributed by atoms with van der Waals surface area (Å²) in [6.45, 7) is 3.05. The first-order valence-electron chi connectivity index (χ1n) is 9.07. The van der Waals surface area contributed by atoms with Gasteiger partial charge in [0, 0.05) is 24.6 Å². The van der Waals surface area contributed by atoms with E-state index in [0.717, 1.165) is 51.4 Å². The highest BCUT2D eigenvalue weighted by atomic mass is 35.5. The summed E-state index contributed by atoms with van der Waals surface area (Å²) >= 11 is 11.1. The van der Waals surface area contributed by atoms with Gasteiger partial charge in [0.2, 0.25) is 0 Å². The van der Waals surface area contributed by atoms with Gasteiger partial charge in [-0.15, -0.1) is 23.2 Å². The summed E-state index contributed by atoms with van der Waals surface area (Å²) in [6.07, 6.45) is 7.94. The Morgan fingerprint density at radius 2 is 1.42 bits per heavy atom. The number of unbranched alkanes of at least 4 members (excludes halogenated alkanes) is 3. The fourth-order valence-corrected chi connectivity index (χ4v) is 2.59. The minimum absolute atomic E-state index is 0.135. The Kier molecular flexibility index (Phi) is 17.0. The third-order valence-corrected chi connectivity index (χ3v) is 4.39. The molecule has 142 valence electrons. The van der Waals surface area contributed by atoms with Crippen molar-refractivity contribution in [1.29, 1.82) is 0 Å². The molecule has 0 heterocycles. The van der Waals surface area contributed by atoms with Gasteiger partial charge in [-0.2, -0.15) is 0 Å². The molecule has 1 unspecified atom stereocenters. The van der Waals surface area contributed by atoms with E-state index in [2.05, 4.69) is 6.92 Å². The van der Waals surface area contributed by atoms with Crippen LogP contribution >= 0.6 is 23.2 Å². The van der Waals surface area contributed by atoms with E-state index in [1.165, 1.54) is 0 Å². The van der Waals surface area contributed by atoms with Crippen LogP contribution in [0, 0.1) is 5.92 Å². The number of hydrogen-bond acceptors (Lipinski definition) is 4. The lowest BCUT2D eigenvalue weighted by Crippen LogP contribution is -2.14. The second kappa shape index (κ2) is 17.3. The maximum atomic E-state index is 11.6. The average molecular weight is 383 g/mol. The van der Waals surface area contributed by atoms with Crippen molar-refractivity contribution in [1.82, 2.24) is 0 Å². The molecule has 0 fully saturated rings. The maximum absolute atomic E-state index is 11.6. The molecule has 0 aromatic rings. The third kappa shape index (κ3) is 15.1. The average Bonchev–Trinajstić information content (AvgIpc) is 2.57. The van der Waals surface area contributed by atoms with E-state index in [9.17, 15) is 9.59 Å². The Hall–Kier alpha value is -0.480. The number of halogens is 2. The summed E-state index contributed by atoms with van der Waals surface area (Å²) in [4.78, 5) is 23.0. The van der Waals surface area contributed by atoms with Gasteiger partial charge >= 0.3 is 11.9 Å². The molecular formula is C18H32Cl2O4. The van der Waals surface area contributed by atoms with Crippen molar-refractivity contribution in [2.75, 3.05) is 25.0 Å². The third-order valence-electron chi connectivity index (χ3n) is 3.86. The molecule has 0 radical (unpaired) electrons. The van der Waals surface area contributed by atoms with Gasteiger partial charge in [0.1, 0.15) is 0 Å². The van der Waals surface area contributed by atoms with Crippen molar-refractivity contribution in [2.45, 2.75) is 71.1 Å². The summed E-state index contributed by atoms with van der Waals surface area (Å²) in [5, 5.41) is 0. The minimum atomic E-state index is -0.141. The van der Waals surface area contributed by atoms with E-state index in [1.807, 2.05) is 0 Å². The highest BCUT2D eigenvalue weighted by Gasteiger charge is 2.10. The Labute approximate surface area is 156 Å². The Morgan fingerprint density at radius 1 is 0.833 bits per heavy atom. The molecule has 24 heavy (non-hydrogen) atoms. The molecule has 0 aliphatic carbocycles. The van der Waals surface area contributed by atoms with Gasteiger partial charge in [-0.25, -0.2) is 0 Å². The summed E-state index contributed by atoms with van der Waals surface area (Å²) in [7, 11) is 0. The molecule has 0 saturated heterocycles. The smallest absolute Gasteiger partial charge is 0.305 e. The van der Waals surface area contributed by atoms with Gasteiger partial charge in [-0.05, 0) is 50.9 Å². The molecule has 6 heteroatoms. The topological polar surface area (TPSA) is 52.6 Å². The lowest BCUT2D eigenvalue weighted by atomic mass is 10.0. The van der Waals surface area contributed by atoms with Gasteiger partial charge < -0.3 is 9.47 Å². The van der Waals surface area contributed by atoms with Gasteiger partial charge in [-0.3, -0.25) is 9.59 Å². The van der Waals surface area contributed by atoms with Gasteiger partial charge in [0.15, 0.2) is 0 Å². The van der Waals surface area contributed by atoms with Crippen molar-refractivity contribution < 1.29 is 19.1 Å². The number of carbonyl (C=O) groups is 2. The van der Waals surface area contributed by atoms with Crippen molar-refractivity contribution in [3.63, 3.8) is 0 Å². The minimum Gasteiger partial charge on any atom is -0.466 e. The zero-order valence-electron chi connectivity index (χ0n) is 14.9. The molecule has 0 amide bonds. The molecule has 0 aliphatic rings. The predicted molar refractivity (Wildman–Crippen MR) is 98.7 cm³/mol. The first-order chi connectivity index (χ1) is 11.6. The number of ether oxygens (including phenoxy) is 2. The number of rotatable bonds is 16. The normalized spacial score (nSPS) is 12.0. The summed E-state index contributed by atoms with van der Waals surface area (Å²) in [6, 6.07) is 0. The summed E-state index contributed by atoms with van der Waals surface area (Å²) in [5.41, 5.74) is 0. The molecule has 0 spiro atoms. The zero-order valence-corrected chi connectivity index (χ0v) is 16.4. The molecule has 0 aromatic heterocycles. The first-order valence-corrected chi connectivity index (χ1v) is 10.1. The summed E-state index contributed by atoms with van der Waals surface area (Å²) < 4.78 is 10.5. The standard InChI is InChI=1S/C18H32Cl2O4/c1-2-16(15-24-18(22)11-4-7-13-20)9-5-8-14-23-17(21)10-3-6-12-19/h16H,2-15H2,1H3. The Balaban J connectivity index is 3.61. The van der Waals surface area contributed by atoms with Crippen LogP contribution in [0.2, 0.25) is 0 Å². The number of hydrogen-bond donors (Lipinski definition) is 0. The fourth-order valence-electron chi connectivity index (χ4n) is 2.21. The molecule has 1 atom stereocenters. The first kappa shape index (κ1) is 23.5. The largest absolute Gasteiger partial charge is 0.466 e. The van der Waals surface area contributed by atoms with E-state index in [1.54, 1.807) is 0 Å². The van der Waals surface area contributed by atoms with Crippen LogP contribution in [-0.4, -0.2) is 36.9 Å². The van der Waals surface area contributed by atoms with Crippen LogP contribution in [0.15, 0.2) is 0 Å². The molecule has 0 N–H and O–H groups in total. The van der Waals surface area contributed by atoms with E-state index < -0.39 is 0 Å². The maximum Gasteiger partial charge on any atom is 0.305 e. The Morgan fingerprint density at radius 3 is 1.96 bits per heavy atom. The highest BCUT2D eigenvalue weighted by Crippen LogP contribution is 2.14. The highest BCUT2D eigenvalue weighted by molar-refractivity contribution is 6.18. The van der Waals surface area contributed by atoms with E-state index in [0.29, 0.717) is 43.7 Å². The molecule has 4 nitrogen and oxygen atoms in total. The van der Waals surface area contributed by atoms with Crippen LogP contribution in [0.3, 0.4) is 0 Å². The van der Waals surface area contributed by atoms with Crippen LogP contribution in [-0.2, 0) is 19.1 Å². The molecule has 0 saturated carbocycles. The molecular weight excluding hydrogens is 351 g/mol. The monoisotopic (exact) mass is 382 g/mol. The summed E-state index contributed by atoms with van der Waals surface area (Å²) in [5.74, 6) is 1.27.